The van der Waals surface area contributed by atoms with Crippen molar-refractivity contribution in [2.24, 2.45) is 4.99 Å². The number of aryl methyl sites for hydroxylation is 1. The summed E-state index contributed by atoms with van der Waals surface area (Å²) in [6, 6.07) is 4.19. The van der Waals surface area contributed by atoms with Gasteiger partial charge in [-0.05, 0) is 80.8 Å². The number of rotatable bonds is 3. The van der Waals surface area contributed by atoms with Gasteiger partial charge in [-0.1, -0.05) is 13.0 Å². The number of nitrogens with zero attached hydrogens (tertiary/aromatic N) is 1. The molecule has 0 aromatic carbocycles. The molecule has 0 amide bonds. The molecule has 0 fully saturated rings. The second-order valence-corrected chi connectivity index (χ2v) is 7.71. The summed E-state index contributed by atoms with van der Waals surface area (Å²) in [5, 5.41) is 2.09. The van der Waals surface area contributed by atoms with E-state index in [9.17, 15) is 0 Å². The quantitative estimate of drug-likeness (QED) is 0.588. The molecule has 0 unspecified atom stereocenters. The lowest BCUT2D eigenvalue weighted by molar-refractivity contribution is 1.08. The van der Waals surface area contributed by atoms with E-state index >= 15 is 0 Å². The van der Waals surface area contributed by atoms with Gasteiger partial charge in [-0.15, -0.1) is 11.3 Å². The van der Waals surface area contributed by atoms with Crippen molar-refractivity contribution in [1.29, 1.82) is 0 Å². The first-order valence-electron chi connectivity index (χ1n) is 7.11. The van der Waals surface area contributed by atoms with E-state index in [4.69, 9.17) is 0 Å². The van der Waals surface area contributed by atoms with E-state index in [-0.39, 0.29) is 0 Å². The summed E-state index contributed by atoms with van der Waals surface area (Å²) in [6.07, 6.45) is 3.19. The van der Waals surface area contributed by atoms with E-state index in [0.717, 1.165) is 32.5 Å². The molecule has 0 saturated carbocycles. The predicted molar refractivity (Wildman–Crippen MR) is 104 cm³/mol. The molecule has 0 spiro atoms. The highest BCUT2D eigenvalue weighted by atomic mass is 79.9. The molecule has 0 radical (unpaired) electrons. The molecule has 0 aliphatic carbocycles. The van der Waals surface area contributed by atoms with Crippen LogP contribution < -0.4 is 0 Å². The topological polar surface area (TPSA) is 28.1 Å². The third-order valence-corrected chi connectivity index (χ3v) is 6.67. The molecule has 3 heterocycles. The van der Waals surface area contributed by atoms with Gasteiger partial charge < -0.3 is 4.98 Å². The zero-order chi connectivity index (χ0) is 15.9. The van der Waals surface area contributed by atoms with E-state index < -0.39 is 0 Å². The van der Waals surface area contributed by atoms with Gasteiger partial charge >= 0.3 is 0 Å². The van der Waals surface area contributed by atoms with Crippen molar-refractivity contribution in [2.45, 2.75) is 27.2 Å². The number of aliphatic imine (C=N–C) groups is 1. The Balaban J connectivity index is 2.11. The molecule has 1 aliphatic rings. The normalized spacial score (nSPS) is 16.8. The molecular formula is C17H16Br2N2S. The minimum absolute atomic E-state index is 0.846. The van der Waals surface area contributed by atoms with Crippen molar-refractivity contribution in [3.8, 4) is 0 Å². The summed E-state index contributed by atoms with van der Waals surface area (Å²) in [5.41, 5.74) is 7.22. The van der Waals surface area contributed by atoms with Crippen LogP contribution in [-0.2, 0) is 6.42 Å². The average molecular weight is 440 g/mol. The summed E-state index contributed by atoms with van der Waals surface area (Å²) in [6.45, 7) is 6.50. The highest BCUT2D eigenvalue weighted by Crippen LogP contribution is 2.41. The van der Waals surface area contributed by atoms with Crippen molar-refractivity contribution in [1.82, 2.24) is 4.98 Å². The van der Waals surface area contributed by atoms with Gasteiger partial charge in [0.2, 0.25) is 0 Å². The number of hydrogen-bond acceptors (Lipinski definition) is 2. The van der Waals surface area contributed by atoms with E-state index in [1.807, 2.05) is 0 Å². The van der Waals surface area contributed by atoms with E-state index in [1.165, 1.54) is 21.7 Å². The third-order valence-electron chi connectivity index (χ3n) is 3.91. The molecule has 1 aliphatic heterocycles. The van der Waals surface area contributed by atoms with Gasteiger partial charge in [0.1, 0.15) is 4.62 Å². The summed E-state index contributed by atoms with van der Waals surface area (Å²) in [5.74, 6) is 0. The molecule has 2 aromatic rings. The van der Waals surface area contributed by atoms with Gasteiger partial charge in [0.15, 0.2) is 0 Å². The van der Waals surface area contributed by atoms with Crippen LogP contribution in [0.1, 0.15) is 34.3 Å². The van der Waals surface area contributed by atoms with Gasteiger partial charge in [0.05, 0.1) is 10.2 Å². The molecule has 22 heavy (non-hydrogen) atoms. The maximum Gasteiger partial charge on any atom is 0.121 e. The summed E-state index contributed by atoms with van der Waals surface area (Å²) in [4.78, 5) is 9.37. The van der Waals surface area contributed by atoms with Gasteiger partial charge in [-0.3, -0.25) is 0 Å². The SMILES string of the molecule is CCc1c(C)[nH]c(/C=C2\N=C(Br)C(Br)=C2c2cccs2)c1C. The zero-order valence-corrected chi connectivity index (χ0v) is 16.6. The lowest BCUT2D eigenvalue weighted by atomic mass is 10.1. The lowest BCUT2D eigenvalue weighted by Crippen LogP contribution is -1.85. The Bertz CT molecular complexity index is 808. The standard InChI is InChI=1S/C17H16Br2N2S/c1-4-11-9(2)12(20-10(11)3)8-13-15(14-6-5-7-22-14)16(18)17(19)21-13/h5-8,20H,4H2,1-3H3/b13-8-. The highest BCUT2D eigenvalue weighted by molar-refractivity contribution is 9.21. The van der Waals surface area contributed by atoms with Gasteiger partial charge in [-0.25, -0.2) is 4.99 Å². The Labute approximate surface area is 151 Å². The first-order chi connectivity index (χ1) is 10.5. The van der Waals surface area contributed by atoms with Gasteiger partial charge in [0.25, 0.3) is 0 Å². The molecule has 2 nitrogen and oxygen atoms in total. The molecule has 1 N–H and O–H groups in total. The Kier molecular flexibility index (Phi) is 4.57. The number of H-pyrrole nitrogens is 1. The minimum atomic E-state index is 0.846. The van der Waals surface area contributed by atoms with E-state index in [0.29, 0.717) is 0 Å². The van der Waals surface area contributed by atoms with Crippen molar-refractivity contribution < 1.29 is 0 Å². The van der Waals surface area contributed by atoms with Crippen LogP contribution in [0.5, 0.6) is 0 Å². The molecule has 2 aromatic heterocycles. The smallest absolute Gasteiger partial charge is 0.121 e. The highest BCUT2D eigenvalue weighted by Gasteiger charge is 2.23. The number of thiophene rings is 1. The van der Waals surface area contributed by atoms with Crippen LogP contribution in [0.2, 0.25) is 0 Å². The summed E-state index contributed by atoms with van der Waals surface area (Å²) in [7, 11) is 0. The van der Waals surface area contributed by atoms with Crippen LogP contribution in [0.15, 0.2) is 32.7 Å². The van der Waals surface area contributed by atoms with E-state index in [1.54, 1.807) is 11.3 Å². The molecule has 114 valence electrons. The van der Waals surface area contributed by atoms with Crippen LogP contribution >= 0.6 is 43.2 Å². The fourth-order valence-electron chi connectivity index (χ4n) is 2.81. The number of aromatic amines is 1. The second-order valence-electron chi connectivity index (χ2n) is 5.22. The van der Waals surface area contributed by atoms with Crippen molar-refractivity contribution >= 4 is 59.5 Å². The van der Waals surface area contributed by atoms with Crippen LogP contribution in [0.4, 0.5) is 0 Å². The summed E-state index contributed by atoms with van der Waals surface area (Å²) >= 11 is 8.91. The third kappa shape index (κ3) is 2.70. The monoisotopic (exact) mass is 438 g/mol. The minimum Gasteiger partial charge on any atom is -0.359 e. The van der Waals surface area contributed by atoms with Crippen LogP contribution in [0, 0.1) is 13.8 Å². The molecule has 0 bridgehead atoms. The zero-order valence-electron chi connectivity index (χ0n) is 12.6. The Morgan fingerprint density at radius 3 is 2.68 bits per heavy atom. The Hall–Kier alpha value is -0.910. The van der Waals surface area contributed by atoms with Gasteiger partial charge in [-0.2, -0.15) is 0 Å². The first-order valence-corrected chi connectivity index (χ1v) is 9.57. The summed E-state index contributed by atoms with van der Waals surface area (Å²) < 4.78 is 1.86. The lowest BCUT2D eigenvalue weighted by Gasteiger charge is -2.02. The number of halogens is 2. The van der Waals surface area contributed by atoms with Crippen LogP contribution in [0.3, 0.4) is 0 Å². The average Bonchev–Trinajstić information content (AvgIpc) is 3.14. The Morgan fingerprint density at radius 1 is 1.32 bits per heavy atom. The Morgan fingerprint density at radius 2 is 2.09 bits per heavy atom. The molecule has 0 saturated heterocycles. The van der Waals surface area contributed by atoms with Crippen LogP contribution in [-0.4, -0.2) is 9.60 Å². The van der Waals surface area contributed by atoms with Crippen LogP contribution in [0.25, 0.3) is 11.6 Å². The first kappa shape index (κ1) is 16.0. The number of aromatic nitrogens is 1. The molecule has 3 rings (SSSR count). The number of hydrogen-bond donors (Lipinski definition) is 1. The van der Waals surface area contributed by atoms with Gasteiger partial charge in [0, 0.05) is 21.8 Å². The van der Waals surface area contributed by atoms with E-state index in [2.05, 4.69) is 86.2 Å². The molecule has 0 atom stereocenters. The fourth-order valence-corrected chi connectivity index (χ4v) is 4.62. The second kappa shape index (κ2) is 6.30. The van der Waals surface area contributed by atoms with Crippen molar-refractivity contribution in [3.05, 3.63) is 55.1 Å². The molecule has 5 heteroatoms. The van der Waals surface area contributed by atoms with Crippen molar-refractivity contribution in [3.63, 3.8) is 0 Å². The number of nitrogens with one attached hydrogen (secondary N) is 1. The molecular weight excluding hydrogens is 424 g/mol. The largest absolute Gasteiger partial charge is 0.359 e. The maximum atomic E-state index is 4.67. The maximum absolute atomic E-state index is 4.67. The van der Waals surface area contributed by atoms with Crippen molar-refractivity contribution in [2.75, 3.05) is 0 Å². The predicted octanol–water partition coefficient (Wildman–Crippen LogP) is 6.21. The fraction of sp³-hybridized carbons (Fsp3) is 0.235. The number of allylic oxidation sites excluding steroid dienone is 2.